The molecule has 88 valence electrons. The summed E-state index contributed by atoms with van der Waals surface area (Å²) in [5.74, 6) is 5.50. The van der Waals surface area contributed by atoms with Crippen LogP contribution in [-0.2, 0) is 0 Å². The zero-order valence-corrected chi connectivity index (χ0v) is 10.7. The smallest absolute Gasteiger partial charge is 0.251 e. The van der Waals surface area contributed by atoms with Crippen molar-refractivity contribution in [2.45, 2.75) is 10.2 Å². The molecule has 0 unspecified atom stereocenters. The maximum Gasteiger partial charge on any atom is 0.251 e. The fraction of sp³-hybridized carbons (Fsp3) is 0. The minimum absolute atomic E-state index is 0.218. The van der Waals surface area contributed by atoms with E-state index >= 15 is 0 Å². The van der Waals surface area contributed by atoms with E-state index in [0.717, 1.165) is 0 Å². The normalized spacial score (nSPS) is 10.2. The maximum atomic E-state index is 11.1. The van der Waals surface area contributed by atoms with Crippen LogP contribution in [0.25, 0.3) is 0 Å². The SMILES string of the molecule is NNc1ncc(Br)c(Sc2nccc(=O)[nH]2)n1. The first-order valence-electron chi connectivity index (χ1n) is 4.41. The van der Waals surface area contributed by atoms with E-state index < -0.39 is 0 Å². The zero-order chi connectivity index (χ0) is 12.3. The number of halogens is 1. The van der Waals surface area contributed by atoms with Gasteiger partial charge in [-0.1, -0.05) is 0 Å². The molecule has 0 fully saturated rings. The molecule has 9 heteroatoms. The number of aromatic nitrogens is 4. The monoisotopic (exact) mass is 314 g/mol. The van der Waals surface area contributed by atoms with Gasteiger partial charge in [0, 0.05) is 18.5 Å². The van der Waals surface area contributed by atoms with Gasteiger partial charge in [-0.25, -0.2) is 20.8 Å². The molecular weight excluding hydrogens is 308 g/mol. The van der Waals surface area contributed by atoms with Crippen molar-refractivity contribution >= 4 is 33.6 Å². The van der Waals surface area contributed by atoms with Crippen molar-refractivity contribution in [1.29, 1.82) is 0 Å². The Kier molecular flexibility index (Phi) is 3.71. The van der Waals surface area contributed by atoms with Gasteiger partial charge in [0.2, 0.25) is 5.95 Å². The van der Waals surface area contributed by atoms with Crippen LogP contribution in [0.1, 0.15) is 0 Å². The third kappa shape index (κ3) is 3.02. The quantitative estimate of drug-likeness (QED) is 0.332. The standard InChI is InChI=1S/C8H7BrN6OS/c9-4-3-12-7(15-10)14-6(4)17-8-11-2-1-5(16)13-8/h1-3H,10H2,(H,11,13,16)(H,12,14,15). The minimum atomic E-state index is -0.218. The highest BCUT2D eigenvalue weighted by molar-refractivity contribution is 9.10. The van der Waals surface area contributed by atoms with E-state index in [4.69, 9.17) is 5.84 Å². The van der Waals surface area contributed by atoms with Crippen LogP contribution < -0.4 is 16.8 Å². The first kappa shape index (κ1) is 12.0. The number of nitrogens with one attached hydrogen (secondary N) is 2. The number of rotatable bonds is 3. The highest BCUT2D eigenvalue weighted by atomic mass is 79.9. The predicted molar refractivity (Wildman–Crippen MR) is 66.5 cm³/mol. The van der Waals surface area contributed by atoms with E-state index in [9.17, 15) is 4.79 Å². The van der Waals surface area contributed by atoms with Gasteiger partial charge in [0.15, 0.2) is 5.16 Å². The summed E-state index contributed by atoms with van der Waals surface area (Å²) in [4.78, 5) is 25.7. The number of nitrogens with zero attached hydrogens (tertiary/aromatic N) is 3. The predicted octanol–water partition coefficient (Wildman–Crippen LogP) is 0.759. The molecule has 0 amide bonds. The molecule has 0 saturated carbocycles. The fourth-order valence-electron chi connectivity index (χ4n) is 0.988. The van der Waals surface area contributed by atoms with Crippen LogP contribution in [0.5, 0.6) is 0 Å². The average molecular weight is 315 g/mol. The van der Waals surface area contributed by atoms with Gasteiger partial charge in [-0.05, 0) is 27.7 Å². The Morgan fingerprint density at radius 3 is 3.00 bits per heavy atom. The Morgan fingerprint density at radius 2 is 2.29 bits per heavy atom. The number of anilines is 1. The first-order chi connectivity index (χ1) is 8.19. The lowest BCUT2D eigenvalue weighted by Gasteiger charge is -2.04. The van der Waals surface area contributed by atoms with E-state index in [2.05, 4.69) is 41.3 Å². The van der Waals surface area contributed by atoms with Crippen molar-refractivity contribution in [2.24, 2.45) is 5.84 Å². The summed E-state index contributed by atoms with van der Waals surface area (Å²) in [6, 6.07) is 1.34. The summed E-state index contributed by atoms with van der Waals surface area (Å²) >= 11 is 4.50. The van der Waals surface area contributed by atoms with E-state index in [1.54, 1.807) is 6.20 Å². The van der Waals surface area contributed by atoms with Crippen LogP contribution in [-0.4, -0.2) is 19.9 Å². The largest absolute Gasteiger partial charge is 0.301 e. The van der Waals surface area contributed by atoms with Crippen molar-refractivity contribution in [1.82, 2.24) is 19.9 Å². The van der Waals surface area contributed by atoms with Crippen LogP contribution >= 0.6 is 27.7 Å². The van der Waals surface area contributed by atoms with Crippen molar-refractivity contribution in [2.75, 3.05) is 5.43 Å². The first-order valence-corrected chi connectivity index (χ1v) is 6.02. The number of H-pyrrole nitrogens is 1. The fourth-order valence-corrected chi connectivity index (χ4v) is 2.15. The molecule has 17 heavy (non-hydrogen) atoms. The molecule has 0 atom stereocenters. The molecule has 0 aromatic carbocycles. The lowest BCUT2D eigenvalue weighted by molar-refractivity contribution is 0.926. The molecule has 0 aliphatic rings. The van der Waals surface area contributed by atoms with E-state index in [-0.39, 0.29) is 11.5 Å². The Bertz CT molecular complexity index is 588. The van der Waals surface area contributed by atoms with Gasteiger partial charge < -0.3 is 4.98 Å². The molecule has 7 nitrogen and oxygen atoms in total. The van der Waals surface area contributed by atoms with Gasteiger partial charge >= 0.3 is 0 Å². The summed E-state index contributed by atoms with van der Waals surface area (Å²) in [5, 5.41) is 1.04. The van der Waals surface area contributed by atoms with Crippen molar-refractivity contribution < 1.29 is 0 Å². The lowest BCUT2D eigenvalue weighted by atomic mass is 10.7. The van der Waals surface area contributed by atoms with Crippen LogP contribution in [0.2, 0.25) is 0 Å². The van der Waals surface area contributed by atoms with Gasteiger partial charge in [0.05, 0.1) is 4.47 Å². The van der Waals surface area contributed by atoms with Crippen LogP contribution in [0, 0.1) is 0 Å². The molecule has 0 bridgehead atoms. The van der Waals surface area contributed by atoms with Crippen LogP contribution in [0.4, 0.5) is 5.95 Å². The second-order valence-corrected chi connectivity index (χ2v) is 4.66. The number of aromatic amines is 1. The van der Waals surface area contributed by atoms with Gasteiger partial charge in [-0.15, -0.1) is 0 Å². The van der Waals surface area contributed by atoms with Gasteiger partial charge in [-0.3, -0.25) is 10.2 Å². The molecule has 2 heterocycles. The third-order valence-electron chi connectivity index (χ3n) is 1.68. The molecule has 2 aromatic rings. The Balaban J connectivity index is 2.32. The summed E-state index contributed by atoms with van der Waals surface area (Å²) < 4.78 is 0.688. The lowest BCUT2D eigenvalue weighted by Crippen LogP contribution is -2.11. The Labute approximate surface area is 108 Å². The van der Waals surface area contributed by atoms with E-state index in [0.29, 0.717) is 14.7 Å². The van der Waals surface area contributed by atoms with Crippen molar-refractivity contribution in [3.05, 3.63) is 33.3 Å². The maximum absolute atomic E-state index is 11.1. The summed E-state index contributed by atoms with van der Waals surface area (Å²) in [6.07, 6.45) is 2.99. The average Bonchev–Trinajstić information content (AvgIpc) is 2.32. The molecule has 0 radical (unpaired) electrons. The highest BCUT2D eigenvalue weighted by Crippen LogP contribution is 2.29. The Morgan fingerprint density at radius 1 is 1.47 bits per heavy atom. The topological polar surface area (TPSA) is 110 Å². The van der Waals surface area contributed by atoms with Crippen molar-refractivity contribution in [3.8, 4) is 0 Å². The molecular formula is C8H7BrN6OS. The number of nitrogen functional groups attached to an aromatic ring is 1. The van der Waals surface area contributed by atoms with Gasteiger partial charge in [0.1, 0.15) is 5.03 Å². The zero-order valence-electron chi connectivity index (χ0n) is 8.35. The number of nitrogens with two attached hydrogens (primary N) is 1. The molecule has 0 aliphatic carbocycles. The highest BCUT2D eigenvalue weighted by Gasteiger charge is 2.08. The van der Waals surface area contributed by atoms with E-state index in [1.165, 1.54) is 24.0 Å². The Hall–Kier alpha value is -1.45. The summed E-state index contributed by atoms with van der Waals surface area (Å²) in [6.45, 7) is 0. The summed E-state index contributed by atoms with van der Waals surface area (Å²) in [5.41, 5.74) is 2.13. The summed E-state index contributed by atoms with van der Waals surface area (Å²) in [7, 11) is 0. The number of hydrogen-bond donors (Lipinski definition) is 3. The second-order valence-electron chi connectivity index (χ2n) is 2.83. The minimum Gasteiger partial charge on any atom is -0.301 e. The van der Waals surface area contributed by atoms with Crippen LogP contribution in [0.15, 0.2) is 37.9 Å². The van der Waals surface area contributed by atoms with E-state index in [1.807, 2.05) is 0 Å². The van der Waals surface area contributed by atoms with Gasteiger partial charge in [0.25, 0.3) is 5.56 Å². The van der Waals surface area contributed by atoms with Crippen LogP contribution in [0.3, 0.4) is 0 Å². The second kappa shape index (κ2) is 5.25. The molecule has 0 saturated heterocycles. The molecule has 4 N–H and O–H groups in total. The third-order valence-corrected chi connectivity index (χ3v) is 3.43. The molecule has 0 aliphatic heterocycles. The number of hydrazine groups is 1. The molecule has 0 spiro atoms. The van der Waals surface area contributed by atoms with Crippen molar-refractivity contribution in [3.63, 3.8) is 0 Å². The van der Waals surface area contributed by atoms with Gasteiger partial charge in [-0.2, -0.15) is 0 Å². The molecule has 2 rings (SSSR count). The molecule has 2 aromatic heterocycles. The number of hydrogen-bond acceptors (Lipinski definition) is 7.